The van der Waals surface area contributed by atoms with Crippen LogP contribution < -0.4 is 10.1 Å². The van der Waals surface area contributed by atoms with Gasteiger partial charge in [-0.1, -0.05) is 6.07 Å². The Labute approximate surface area is 126 Å². The quantitative estimate of drug-likeness (QED) is 0.614. The molecule has 0 fully saturated rings. The summed E-state index contributed by atoms with van der Waals surface area (Å²) >= 11 is 0. The number of hydrogen-bond donors (Lipinski definition) is 1. The van der Waals surface area contributed by atoms with E-state index in [9.17, 15) is 14.9 Å². The summed E-state index contributed by atoms with van der Waals surface area (Å²) in [5, 5.41) is 17.4. The van der Waals surface area contributed by atoms with Crippen molar-refractivity contribution < 1.29 is 14.5 Å². The number of carbonyl (C=O) groups excluding carboxylic acids is 1. The third-order valence-electron chi connectivity index (χ3n) is 2.82. The van der Waals surface area contributed by atoms with Gasteiger partial charge in [-0.05, 0) is 18.6 Å². The summed E-state index contributed by atoms with van der Waals surface area (Å²) in [5.74, 6) is -0.0116. The van der Waals surface area contributed by atoms with Crippen LogP contribution >= 0.6 is 0 Å². The van der Waals surface area contributed by atoms with E-state index in [1.165, 1.54) is 18.2 Å². The van der Waals surface area contributed by atoms with Crippen molar-refractivity contribution in [2.45, 2.75) is 13.5 Å². The summed E-state index contributed by atoms with van der Waals surface area (Å²) in [6.07, 6.45) is 3.62. The van der Waals surface area contributed by atoms with Gasteiger partial charge < -0.3 is 10.1 Å². The maximum absolute atomic E-state index is 11.6. The van der Waals surface area contributed by atoms with E-state index in [2.05, 4.69) is 10.4 Å². The van der Waals surface area contributed by atoms with Gasteiger partial charge in [-0.15, -0.1) is 0 Å². The second kappa shape index (κ2) is 7.21. The smallest absolute Gasteiger partial charge is 0.273 e. The second-order valence-corrected chi connectivity index (χ2v) is 4.67. The summed E-state index contributed by atoms with van der Waals surface area (Å²) in [6.45, 7) is 2.74. The molecule has 0 spiro atoms. The fourth-order valence-electron chi connectivity index (χ4n) is 1.79. The van der Waals surface area contributed by atoms with Crippen LogP contribution in [0.1, 0.15) is 5.56 Å². The number of aryl methyl sites for hydroxylation is 1. The van der Waals surface area contributed by atoms with Crippen LogP contribution in [-0.2, 0) is 11.3 Å². The summed E-state index contributed by atoms with van der Waals surface area (Å²) in [5.41, 5.74) is 0.979. The third-order valence-corrected chi connectivity index (χ3v) is 2.82. The average molecular weight is 304 g/mol. The number of carbonyl (C=O) groups is 1. The number of hydrogen-bond acceptors (Lipinski definition) is 5. The molecule has 0 bridgehead atoms. The van der Waals surface area contributed by atoms with Gasteiger partial charge in [0.2, 0.25) is 0 Å². The lowest BCUT2D eigenvalue weighted by atomic mass is 10.3. The van der Waals surface area contributed by atoms with Crippen LogP contribution in [-0.4, -0.2) is 33.8 Å². The molecule has 2 aromatic rings. The van der Waals surface area contributed by atoms with Crippen LogP contribution in [0, 0.1) is 17.0 Å². The number of amides is 1. The predicted octanol–water partition coefficient (Wildman–Crippen LogP) is 1.29. The first-order chi connectivity index (χ1) is 10.5. The highest BCUT2D eigenvalue weighted by Crippen LogP contribution is 2.18. The van der Waals surface area contributed by atoms with Crippen molar-refractivity contribution in [2.75, 3.05) is 13.2 Å². The Balaban J connectivity index is 1.73. The number of nitro benzene ring substituents is 1. The van der Waals surface area contributed by atoms with Gasteiger partial charge in [0.25, 0.3) is 11.6 Å². The Bertz CT molecular complexity index is 668. The largest absolute Gasteiger partial charge is 0.484 e. The number of nitro groups is 1. The van der Waals surface area contributed by atoms with E-state index in [0.717, 1.165) is 5.56 Å². The Hall–Kier alpha value is -2.90. The molecular formula is C14H16N4O4. The lowest BCUT2D eigenvalue weighted by molar-refractivity contribution is -0.384. The number of nitrogens with zero attached hydrogens (tertiary/aromatic N) is 3. The molecule has 1 aromatic carbocycles. The fraction of sp³-hybridized carbons (Fsp3) is 0.286. The van der Waals surface area contributed by atoms with Crippen LogP contribution in [0.15, 0.2) is 36.7 Å². The standard InChI is InChI=1S/C14H16N4O4/c1-11-8-16-17(9-11)6-5-15-14(19)10-22-13-4-2-3-12(7-13)18(20)21/h2-4,7-9H,5-6,10H2,1H3,(H,15,19). The molecule has 0 atom stereocenters. The van der Waals surface area contributed by atoms with E-state index < -0.39 is 4.92 Å². The first-order valence-electron chi connectivity index (χ1n) is 6.67. The zero-order chi connectivity index (χ0) is 15.9. The van der Waals surface area contributed by atoms with Gasteiger partial charge in [0.1, 0.15) is 5.75 Å². The summed E-state index contributed by atoms with van der Waals surface area (Å²) in [6, 6.07) is 5.71. The van der Waals surface area contributed by atoms with Crippen molar-refractivity contribution >= 4 is 11.6 Å². The number of benzene rings is 1. The van der Waals surface area contributed by atoms with Crippen molar-refractivity contribution in [3.05, 3.63) is 52.3 Å². The van der Waals surface area contributed by atoms with Gasteiger partial charge in [0, 0.05) is 18.8 Å². The lowest BCUT2D eigenvalue weighted by Gasteiger charge is -2.07. The summed E-state index contributed by atoms with van der Waals surface area (Å²) < 4.78 is 6.96. The summed E-state index contributed by atoms with van der Waals surface area (Å²) in [4.78, 5) is 21.7. The molecule has 1 heterocycles. The Morgan fingerprint density at radius 3 is 3.00 bits per heavy atom. The Morgan fingerprint density at radius 2 is 2.32 bits per heavy atom. The molecule has 1 aromatic heterocycles. The van der Waals surface area contributed by atoms with Gasteiger partial charge in [0.15, 0.2) is 6.61 Å². The highest BCUT2D eigenvalue weighted by Gasteiger charge is 2.08. The molecule has 0 unspecified atom stereocenters. The van der Waals surface area contributed by atoms with Crippen LogP contribution in [0.4, 0.5) is 5.69 Å². The molecule has 8 nitrogen and oxygen atoms in total. The van der Waals surface area contributed by atoms with Gasteiger partial charge >= 0.3 is 0 Å². The Morgan fingerprint density at radius 1 is 1.50 bits per heavy atom. The van der Waals surface area contributed by atoms with Crippen LogP contribution in [0.5, 0.6) is 5.75 Å². The molecule has 116 valence electrons. The number of non-ortho nitro benzene ring substituents is 1. The van der Waals surface area contributed by atoms with E-state index in [1.807, 2.05) is 13.1 Å². The van der Waals surface area contributed by atoms with Gasteiger partial charge in [-0.2, -0.15) is 5.10 Å². The van der Waals surface area contributed by atoms with E-state index in [-0.39, 0.29) is 24.0 Å². The maximum atomic E-state index is 11.6. The van der Waals surface area contributed by atoms with Crippen molar-refractivity contribution in [2.24, 2.45) is 0 Å². The summed E-state index contributed by atoms with van der Waals surface area (Å²) in [7, 11) is 0. The molecule has 22 heavy (non-hydrogen) atoms. The van der Waals surface area contributed by atoms with Gasteiger partial charge in [-0.25, -0.2) is 0 Å². The number of rotatable bonds is 7. The average Bonchev–Trinajstić information content (AvgIpc) is 2.91. The number of aromatic nitrogens is 2. The lowest BCUT2D eigenvalue weighted by Crippen LogP contribution is -2.31. The van der Waals surface area contributed by atoms with Crippen molar-refractivity contribution in [1.82, 2.24) is 15.1 Å². The monoisotopic (exact) mass is 304 g/mol. The van der Waals surface area contributed by atoms with Crippen LogP contribution in [0.25, 0.3) is 0 Å². The number of ether oxygens (including phenoxy) is 1. The molecule has 2 rings (SSSR count). The van der Waals surface area contributed by atoms with Gasteiger partial charge in [0.05, 0.1) is 23.7 Å². The highest BCUT2D eigenvalue weighted by atomic mass is 16.6. The van der Waals surface area contributed by atoms with Crippen molar-refractivity contribution in [1.29, 1.82) is 0 Å². The molecule has 0 aliphatic rings. The topological polar surface area (TPSA) is 99.3 Å². The zero-order valence-corrected chi connectivity index (χ0v) is 12.1. The molecule has 1 amide bonds. The SMILES string of the molecule is Cc1cnn(CCNC(=O)COc2cccc([N+](=O)[O-])c2)c1. The van der Waals surface area contributed by atoms with E-state index in [0.29, 0.717) is 13.1 Å². The van der Waals surface area contributed by atoms with Crippen molar-refractivity contribution in [3.63, 3.8) is 0 Å². The minimum Gasteiger partial charge on any atom is -0.484 e. The minimum atomic E-state index is -0.515. The molecule has 0 aliphatic carbocycles. The molecule has 0 aliphatic heterocycles. The van der Waals surface area contributed by atoms with Crippen molar-refractivity contribution in [3.8, 4) is 5.75 Å². The molecule has 8 heteroatoms. The normalized spacial score (nSPS) is 10.2. The third kappa shape index (κ3) is 4.58. The highest BCUT2D eigenvalue weighted by molar-refractivity contribution is 5.77. The number of nitrogens with one attached hydrogen (secondary N) is 1. The van der Waals surface area contributed by atoms with Crippen LogP contribution in [0.2, 0.25) is 0 Å². The van der Waals surface area contributed by atoms with Crippen LogP contribution in [0.3, 0.4) is 0 Å². The molecule has 0 saturated heterocycles. The molecule has 0 saturated carbocycles. The first kappa shape index (κ1) is 15.5. The van der Waals surface area contributed by atoms with E-state index >= 15 is 0 Å². The van der Waals surface area contributed by atoms with Gasteiger partial charge in [-0.3, -0.25) is 19.6 Å². The van der Waals surface area contributed by atoms with E-state index in [4.69, 9.17) is 4.74 Å². The molecule has 1 N–H and O–H groups in total. The molecular weight excluding hydrogens is 288 g/mol. The van der Waals surface area contributed by atoms with E-state index in [1.54, 1.807) is 16.9 Å². The zero-order valence-electron chi connectivity index (χ0n) is 12.1. The fourth-order valence-corrected chi connectivity index (χ4v) is 1.79. The second-order valence-electron chi connectivity index (χ2n) is 4.67. The minimum absolute atomic E-state index is 0.0769. The first-order valence-corrected chi connectivity index (χ1v) is 6.67. The predicted molar refractivity (Wildman–Crippen MR) is 78.6 cm³/mol. The maximum Gasteiger partial charge on any atom is 0.273 e. The Kier molecular flexibility index (Phi) is 5.07. The molecule has 0 radical (unpaired) electrons.